The molecule has 2 N–H and O–H groups in total. The fourth-order valence-corrected chi connectivity index (χ4v) is 2.53. The predicted octanol–water partition coefficient (Wildman–Crippen LogP) is 2.92. The highest BCUT2D eigenvalue weighted by Gasteiger charge is 2.07. The molecule has 1 amide bonds. The van der Waals surface area contributed by atoms with E-state index in [4.69, 9.17) is 0 Å². The predicted molar refractivity (Wildman–Crippen MR) is 84.1 cm³/mol. The molecule has 0 bridgehead atoms. The highest BCUT2D eigenvalue weighted by atomic mass is 32.1. The highest BCUT2D eigenvalue weighted by Crippen LogP contribution is 2.25. The van der Waals surface area contributed by atoms with Gasteiger partial charge in [-0.05, 0) is 19.0 Å². The quantitative estimate of drug-likeness (QED) is 0.859. The number of benzene rings is 1. The van der Waals surface area contributed by atoms with Gasteiger partial charge in [-0.2, -0.15) is 0 Å². The van der Waals surface area contributed by atoms with Crippen molar-refractivity contribution in [2.75, 3.05) is 18.9 Å². The molecular formula is C15H19N3OS. The number of carbonyl (C=O) groups is 1. The number of hydrogen-bond acceptors (Lipinski definition) is 4. The molecule has 0 saturated heterocycles. The molecular weight excluding hydrogens is 270 g/mol. The number of carbonyl (C=O) groups excluding carboxylic acids is 1. The molecule has 0 aliphatic heterocycles. The number of nitrogens with one attached hydrogen (secondary N) is 2. The van der Waals surface area contributed by atoms with E-state index < -0.39 is 0 Å². The van der Waals surface area contributed by atoms with Gasteiger partial charge in [0.1, 0.15) is 0 Å². The van der Waals surface area contributed by atoms with Gasteiger partial charge in [0.05, 0.1) is 5.69 Å². The van der Waals surface area contributed by atoms with Gasteiger partial charge in [-0.25, -0.2) is 4.98 Å². The zero-order valence-corrected chi connectivity index (χ0v) is 12.6. The third-order valence-corrected chi connectivity index (χ3v) is 3.77. The summed E-state index contributed by atoms with van der Waals surface area (Å²) in [5.74, 6) is -0.0124. The van der Waals surface area contributed by atoms with Crippen molar-refractivity contribution in [1.82, 2.24) is 10.3 Å². The van der Waals surface area contributed by atoms with Gasteiger partial charge < -0.3 is 10.6 Å². The Balaban J connectivity index is 2.02. The van der Waals surface area contributed by atoms with Crippen LogP contribution in [0.3, 0.4) is 0 Å². The van der Waals surface area contributed by atoms with Crippen molar-refractivity contribution in [3.05, 3.63) is 35.2 Å². The minimum Gasteiger partial charge on any atom is -0.319 e. The van der Waals surface area contributed by atoms with E-state index in [1.807, 2.05) is 12.4 Å². The van der Waals surface area contributed by atoms with Crippen LogP contribution < -0.4 is 10.6 Å². The molecule has 2 aromatic rings. The Morgan fingerprint density at radius 3 is 2.70 bits per heavy atom. The van der Waals surface area contributed by atoms with Crippen LogP contribution in [0.15, 0.2) is 29.6 Å². The lowest BCUT2D eigenvalue weighted by Gasteiger charge is -2.01. The minimum absolute atomic E-state index is 0.0124. The van der Waals surface area contributed by atoms with Crippen LogP contribution in [0.1, 0.15) is 18.9 Å². The van der Waals surface area contributed by atoms with Crippen LogP contribution in [0.4, 0.5) is 5.13 Å². The molecule has 0 radical (unpaired) electrons. The normalized spacial score (nSPS) is 10.5. The lowest BCUT2D eigenvalue weighted by Crippen LogP contribution is -2.18. The summed E-state index contributed by atoms with van der Waals surface area (Å²) in [7, 11) is 1.83. The number of anilines is 1. The Morgan fingerprint density at radius 1 is 1.30 bits per heavy atom. The number of aromatic nitrogens is 1. The highest BCUT2D eigenvalue weighted by molar-refractivity contribution is 7.14. The van der Waals surface area contributed by atoms with Crippen molar-refractivity contribution in [2.24, 2.45) is 0 Å². The fourth-order valence-electron chi connectivity index (χ4n) is 1.80. The molecule has 20 heavy (non-hydrogen) atoms. The Labute approximate surface area is 123 Å². The molecule has 0 fully saturated rings. The standard InChI is InChI=1S/C15H19N3OS/c1-3-11-4-6-12(7-5-11)13-10-20-15(17-13)18-14(19)8-9-16-2/h4-7,10,16H,3,8-9H2,1-2H3,(H,17,18,19). The third-order valence-electron chi connectivity index (χ3n) is 3.01. The van der Waals surface area contributed by atoms with Crippen molar-refractivity contribution in [3.63, 3.8) is 0 Å². The van der Waals surface area contributed by atoms with Crippen molar-refractivity contribution >= 4 is 22.4 Å². The van der Waals surface area contributed by atoms with Crippen molar-refractivity contribution in [3.8, 4) is 11.3 Å². The van der Waals surface area contributed by atoms with Crippen LogP contribution in [-0.2, 0) is 11.2 Å². The molecule has 2 rings (SSSR count). The maximum absolute atomic E-state index is 11.6. The van der Waals surface area contributed by atoms with E-state index in [1.54, 1.807) is 0 Å². The lowest BCUT2D eigenvalue weighted by atomic mass is 10.1. The maximum Gasteiger partial charge on any atom is 0.227 e. The van der Waals surface area contributed by atoms with E-state index in [9.17, 15) is 4.79 Å². The molecule has 0 saturated carbocycles. The van der Waals surface area contributed by atoms with Gasteiger partial charge in [0.2, 0.25) is 5.91 Å². The zero-order chi connectivity index (χ0) is 14.4. The summed E-state index contributed by atoms with van der Waals surface area (Å²) in [6, 6.07) is 8.36. The summed E-state index contributed by atoms with van der Waals surface area (Å²) in [5.41, 5.74) is 3.29. The molecule has 0 unspecified atom stereocenters. The van der Waals surface area contributed by atoms with Crippen LogP contribution in [0.2, 0.25) is 0 Å². The SMILES string of the molecule is CCc1ccc(-c2csc(NC(=O)CCNC)n2)cc1. The molecule has 0 spiro atoms. The summed E-state index contributed by atoms with van der Waals surface area (Å²) < 4.78 is 0. The molecule has 0 aliphatic carbocycles. The Bertz CT molecular complexity index is 563. The second-order valence-electron chi connectivity index (χ2n) is 4.49. The van der Waals surface area contributed by atoms with E-state index in [-0.39, 0.29) is 5.91 Å². The molecule has 0 aliphatic rings. The van der Waals surface area contributed by atoms with Gasteiger partial charge >= 0.3 is 0 Å². The first kappa shape index (κ1) is 14.7. The van der Waals surface area contributed by atoms with Gasteiger partial charge in [-0.15, -0.1) is 11.3 Å². The average Bonchev–Trinajstić information content (AvgIpc) is 2.93. The lowest BCUT2D eigenvalue weighted by molar-refractivity contribution is -0.116. The van der Waals surface area contributed by atoms with Crippen LogP contribution in [-0.4, -0.2) is 24.5 Å². The van der Waals surface area contributed by atoms with Crippen LogP contribution in [0.5, 0.6) is 0 Å². The number of thiazole rings is 1. The van der Waals surface area contributed by atoms with Crippen LogP contribution in [0, 0.1) is 0 Å². The van der Waals surface area contributed by atoms with Crippen molar-refractivity contribution < 1.29 is 4.79 Å². The first-order valence-electron chi connectivity index (χ1n) is 6.72. The summed E-state index contributed by atoms with van der Waals surface area (Å²) in [6.07, 6.45) is 1.49. The number of rotatable bonds is 6. The fraction of sp³-hybridized carbons (Fsp3) is 0.333. The van der Waals surface area contributed by atoms with Crippen LogP contribution >= 0.6 is 11.3 Å². The van der Waals surface area contributed by atoms with E-state index in [0.717, 1.165) is 17.7 Å². The van der Waals surface area contributed by atoms with Crippen molar-refractivity contribution in [1.29, 1.82) is 0 Å². The summed E-state index contributed by atoms with van der Waals surface area (Å²) >= 11 is 1.45. The first-order valence-corrected chi connectivity index (χ1v) is 7.60. The second-order valence-corrected chi connectivity index (χ2v) is 5.35. The monoisotopic (exact) mass is 289 g/mol. The second kappa shape index (κ2) is 7.17. The number of nitrogens with zero attached hydrogens (tertiary/aromatic N) is 1. The Hall–Kier alpha value is -1.72. The van der Waals surface area contributed by atoms with Gasteiger partial charge in [-0.3, -0.25) is 4.79 Å². The van der Waals surface area contributed by atoms with E-state index in [1.165, 1.54) is 16.9 Å². The summed E-state index contributed by atoms with van der Waals surface area (Å²) in [6.45, 7) is 2.80. The minimum atomic E-state index is -0.0124. The summed E-state index contributed by atoms with van der Waals surface area (Å²) in [4.78, 5) is 16.1. The van der Waals surface area contributed by atoms with E-state index in [0.29, 0.717) is 18.1 Å². The topological polar surface area (TPSA) is 54.0 Å². The van der Waals surface area contributed by atoms with Crippen LogP contribution in [0.25, 0.3) is 11.3 Å². The Morgan fingerprint density at radius 2 is 2.05 bits per heavy atom. The molecule has 5 heteroatoms. The van der Waals surface area contributed by atoms with Crippen molar-refractivity contribution in [2.45, 2.75) is 19.8 Å². The zero-order valence-electron chi connectivity index (χ0n) is 11.8. The average molecular weight is 289 g/mol. The maximum atomic E-state index is 11.6. The number of hydrogen-bond donors (Lipinski definition) is 2. The first-order chi connectivity index (χ1) is 9.72. The molecule has 1 heterocycles. The smallest absolute Gasteiger partial charge is 0.227 e. The third kappa shape index (κ3) is 3.88. The number of aryl methyl sites for hydroxylation is 1. The molecule has 106 valence electrons. The molecule has 0 atom stereocenters. The van der Waals surface area contributed by atoms with E-state index in [2.05, 4.69) is 46.8 Å². The Kier molecular flexibility index (Phi) is 5.26. The molecule has 4 nitrogen and oxygen atoms in total. The number of amides is 1. The van der Waals surface area contributed by atoms with E-state index >= 15 is 0 Å². The molecule has 1 aromatic carbocycles. The summed E-state index contributed by atoms with van der Waals surface area (Å²) in [5, 5.41) is 8.39. The molecule has 1 aromatic heterocycles. The van der Waals surface area contributed by atoms with Gasteiger partial charge in [0.15, 0.2) is 5.13 Å². The van der Waals surface area contributed by atoms with Gasteiger partial charge in [0, 0.05) is 23.9 Å². The van der Waals surface area contributed by atoms with Gasteiger partial charge in [-0.1, -0.05) is 31.2 Å². The van der Waals surface area contributed by atoms with Gasteiger partial charge in [0.25, 0.3) is 0 Å². The largest absolute Gasteiger partial charge is 0.319 e.